The van der Waals surface area contributed by atoms with Crippen LogP contribution < -0.4 is 5.32 Å². The second-order valence-corrected chi connectivity index (χ2v) is 8.22. The number of carboxylic acids is 1. The van der Waals surface area contributed by atoms with Crippen LogP contribution >= 0.6 is 11.3 Å². The molecule has 0 saturated heterocycles. The molecule has 0 aliphatic rings. The van der Waals surface area contributed by atoms with Crippen LogP contribution in [0.25, 0.3) is 32.0 Å². The number of benzene rings is 3. The number of nitrogens with one attached hydrogen (secondary N) is 1. The van der Waals surface area contributed by atoms with Gasteiger partial charge in [-0.1, -0.05) is 42.5 Å². The largest absolute Gasteiger partial charge is 0.481 e. The Morgan fingerprint density at radius 2 is 1.61 bits per heavy atom. The first-order valence-corrected chi connectivity index (χ1v) is 10.4. The highest BCUT2D eigenvalue weighted by Gasteiger charge is 2.05. The Labute approximate surface area is 168 Å². The van der Waals surface area contributed by atoms with E-state index in [-0.39, 0.29) is 6.42 Å². The third kappa shape index (κ3) is 4.41. The lowest BCUT2D eigenvalue weighted by Crippen LogP contribution is -2.14. The molecule has 0 spiro atoms. The van der Waals surface area contributed by atoms with Crippen LogP contribution in [0, 0.1) is 0 Å². The van der Waals surface area contributed by atoms with Crippen LogP contribution in [0.2, 0.25) is 0 Å². The van der Waals surface area contributed by atoms with Gasteiger partial charge in [-0.15, -0.1) is 11.3 Å². The van der Waals surface area contributed by atoms with Crippen molar-refractivity contribution in [3.05, 3.63) is 71.6 Å². The minimum Gasteiger partial charge on any atom is -0.481 e. The number of hydrogen-bond acceptors (Lipinski definition) is 3. The van der Waals surface area contributed by atoms with Gasteiger partial charge in [0.1, 0.15) is 0 Å². The van der Waals surface area contributed by atoms with E-state index in [1.54, 1.807) is 0 Å². The van der Waals surface area contributed by atoms with Crippen molar-refractivity contribution in [2.45, 2.75) is 25.8 Å². The minimum atomic E-state index is -0.716. The number of unbranched alkanes of at least 4 members (excludes halogenated alkanes) is 1. The third-order valence-electron chi connectivity index (χ3n) is 4.94. The molecule has 1 aromatic heterocycles. The van der Waals surface area contributed by atoms with Crippen LogP contribution in [0.1, 0.15) is 24.1 Å². The molecule has 2 N–H and O–H groups in total. The van der Waals surface area contributed by atoms with Crippen LogP contribution in [-0.4, -0.2) is 17.6 Å². The Hall–Kier alpha value is -2.69. The van der Waals surface area contributed by atoms with E-state index in [1.165, 1.54) is 36.9 Å². The Kier molecular flexibility index (Phi) is 5.70. The number of carbonyl (C=O) groups is 1. The van der Waals surface area contributed by atoms with Gasteiger partial charge in [0.25, 0.3) is 0 Å². The van der Waals surface area contributed by atoms with Crippen molar-refractivity contribution in [2.75, 3.05) is 6.54 Å². The summed E-state index contributed by atoms with van der Waals surface area (Å²) in [4.78, 5) is 11.8. The zero-order valence-electron chi connectivity index (χ0n) is 15.7. The van der Waals surface area contributed by atoms with E-state index in [1.807, 2.05) is 11.3 Å². The van der Waals surface area contributed by atoms with E-state index in [0.29, 0.717) is 0 Å². The van der Waals surface area contributed by atoms with Gasteiger partial charge in [0.05, 0.1) is 0 Å². The zero-order chi connectivity index (χ0) is 19.3. The summed E-state index contributed by atoms with van der Waals surface area (Å²) in [6.45, 7) is 1.68. The van der Waals surface area contributed by atoms with Gasteiger partial charge in [0, 0.05) is 22.5 Å². The van der Waals surface area contributed by atoms with Gasteiger partial charge < -0.3 is 10.4 Å². The number of hydrogen-bond donors (Lipinski definition) is 2. The predicted molar refractivity (Wildman–Crippen MR) is 118 cm³/mol. The smallest absolute Gasteiger partial charge is 0.303 e. The standard InChI is InChI=1S/C24H23NO2S/c26-24(27)7-3-4-12-25-16-22-15-21-14-20(10-11-23(21)28-22)19-9-8-17-5-1-2-6-18(17)13-19/h1-2,5-6,8-11,13-15,25H,3-4,7,12,16H2,(H,26,27). The van der Waals surface area contributed by atoms with Crippen molar-refractivity contribution in [3.8, 4) is 11.1 Å². The molecule has 3 aromatic carbocycles. The zero-order valence-corrected chi connectivity index (χ0v) is 16.5. The van der Waals surface area contributed by atoms with Crippen molar-refractivity contribution in [1.29, 1.82) is 0 Å². The fraction of sp³-hybridized carbons (Fsp3) is 0.208. The number of fused-ring (bicyclic) bond motifs is 2. The summed E-state index contributed by atoms with van der Waals surface area (Å²) in [5.74, 6) is -0.716. The SMILES string of the molecule is O=C(O)CCCCNCc1cc2cc(-c3ccc4ccccc4c3)ccc2s1. The first-order valence-electron chi connectivity index (χ1n) is 9.63. The van der Waals surface area contributed by atoms with Crippen molar-refractivity contribution in [3.63, 3.8) is 0 Å². The molecule has 4 heteroatoms. The molecule has 28 heavy (non-hydrogen) atoms. The quantitative estimate of drug-likeness (QED) is 0.360. The van der Waals surface area contributed by atoms with Crippen molar-refractivity contribution < 1.29 is 9.90 Å². The number of carboxylic acid groups (broad SMARTS) is 1. The molecule has 1 heterocycles. The number of rotatable bonds is 8. The molecule has 0 aliphatic carbocycles. The van der Waals surface area contributed by atoms with Crippen molar-refractivity contribution in [1.82, 2.24) is 5.32 Å². The fourth-order valence-electron chi connectivity index (χ4n) is 3.47. The summed E-state index contributed by atoms with van der Waals surface area (Å²) in [5, 5.41) is 15.9. The lowest BCUT2D eigenvalue weighted by atomic mass is 10.0. The molecule has 4 aromatic rings. The molecular weight excluding hydrogens is 366 g/mol. The molecule has 142 valence electrons. The van der Waals surface area contributed by atoms with Crippen LogP contribution in [0.3, 0.4) is 0 Å². The van der Waals surface area contributed by atoms with Gasteiger partial charge in [-0.05, 0) is 70.9 Å². The maximum absolute atomic E-state index is 10.5. The van der Waals surface area contributed by atoms with Gasteiger partial charge >= 0.3 is 5.97 Å². The average Bonchev–Trinajstić information content (AvgIpc) is 3.12. The highest BCUT2D eigenvalue weighted by Crippen LogP contribution is 2.31. The lowest BCUT2D eigenvalue weighted by Gasteiger charge is -2.04. The average molecular weight is 390 g/mol. The maximum Gasteiger partial charge on any atom is 0.303 e. The molecular formula is C24H23NO2S. The van der Waals surface area contributed by atoms with Crippen molar-refractivity contribution >= 4 is 38.2 Å². The Balaban J connectivity index is 1.44. The molecule has 0 radical (unpaired) electrons. The third-order valence-corrected chi connectivity index (χ3v) is 6.06. The molecule has 0 bridgehead atoms. The van der Waals surface area contributed by atoms with E-state index in [4.69, 9.17) is 5.11 Å². The maximum atomic E-state index is 10.5. The van der Waals surface area contributed by atoms with Crippen LogP contribution in [0.4, 0.5) is 0 Å². The molecule has 0 unspecified atom stereocenters. The van der Waals surface area contributed by atoms with E-state index < -0.39 is 5.97 Å². The van der Waals surface area contributed by atoms with Gasteiger partial charge in [-0.25, -0.2) is 0 Å². The van der Waals surface area contributed by atoms with Gasteiger partial charge in [-0.3, -0.25) is 4.79 Å². The molecule has 4 rings (SSSR count). The number of aliphatic carboxylic acids is 1. The van der Waals surface area contributed by atoms with E-state index in [2.05, 4.69) is 72.0 Å². The van der Waals surface area contributed by atoms with Crippen LogP contribution in [-0.2, 0) is 11.3 Å². The van der Waals surface area contributed by atoms with E-state index in [0.717, 1.165) is 25.9 Å². The highest BCUT2D eigenvalue weighted by atomic mass is 32.1. The van der Waals surface area contributed by atoms with Crippen LogP contribution in [0.15, 0.2) is 66.7 Å². The molecule has 0 aliphatic heterocycles. The fourth-order valence-corrected chi connectivity index (χ4v) is 4.49. The summed E-state index contributed by atoms with van der Waals surface area (Å²) in [7, 11) is 0. The second-order valence-electron chi connectivity index (χ2n) is 7.05. The van der Waals surface area contributed by atoms with Crippen molar-refractivity contribution in [2.24, 2.45) is 0 Å². The minimum absolute atomic E-state index is 0.252. The van der Waals surface area contributed by atoms with E-state index in [9.17, 15) is 4.79 Å². The topological polar surface area (TPSA) is 49.3 Å². The first kappa shape index (κ1) is 18.7. The molecule has 0 atom stereocenters. The summed E-state index contributed by atoms with van der Waals surface area (Å²) >= 11 is 1.82. The summed E-state index contributed by atoms with van der Waals surface area (Å²) in [6.07, 6.45) is 1.87. The number of thiophene rings is 1. The Bertz CT molecular complexity index is 1120. The molecule has 0 fully saturated rings. The van der Waals surface area contributed by atoms with Gasteiger partial charge in [-0.2, -0.15) is 0 Å². The highest BCUT2D eigenvalue weighted by molar-refractivity contribution is 7.19. The van der Waals surface area contributed by atoms with Gasteiger partial charge in [0.2, 0.25) is 0 Å². The van der Waals surface area contributed by atoms with Crippen LogP contribution in [0.5, 0.6) is 0 Å². The summed E-state index contributed by atoms with van der Waals surface area (Å²) < 4.78 is 1.30. The first-order chi connectivity index (χ1) is 13.7. The Morgan fingerprint density at radius 1 is 0.857 bits per heavy atom. The summed E-state index contributed by atoms with van der Waals surface area (Å²) in [5.41, 5.74) is 2.48. The molecule has 3 nitrogen and oxygen atoms in total. The summed E-state index contributed by atoms with van der Waals surface area (Å²) in [6, 6.07) is 24.0. The van der Waals surface area contributed by atoms with Gasteiger partial charge in [0.15, 0.2) is 0 Å². The Morgan fingerprint density at radius 3 is 2.43 bits per heavy atom. The second kappa shape index (κ2) is 8.55. The predicted octanol–water partition coefficient (Wildman–Crippen LogP) is 6.07. The molecule has 0 saturated carbocycles. The monoisotopic (exact) mass is 389 g/mol. The normalized spacial score (nSPS) is 11.3. The van der Waals surface area contributed by atoms with E-state index >= 15 is 0 Å². The lowest BCUT2D eigenvalue weighted by molar-refractivity contribution is -0.137. The molecule has 0 amide bonds.